The molecule has 4 rings (SSSR count). The number of hydrogen-bond acceptors (Lipinski definition) is 5. The topological polar surface area (TPSA) is 74.3 Å². The van der Waals surface area contributed by atoms with Gasteiger partial charge in [-0.1, -0.05) is 24.3 Å². The van der Waals surface area contributed by atoms with Gasteiger partial charge in [0.1, 0.15) is 5.82 Å². The number of carbonyl (C=O) groups is 2. The highest BCUT2D eigenvalue weighted by atomic mass is 19.1. The summed E-state index contributed by atoms with van der Waals surface area (Å²) in [6, 6.07) is 14.7. The van der Waals surface area contributed by atoms with E-state index in [0.29, 0.717) is 23.4 Å². The van der Waals surface area contributed by atoms with Crippen LogP contribution in [0.5, 0.6) is 0 Å². The predicted molar refractivity (Wildman–Crippen MR) is 116 cm³/mol. The minimum Gasteiger partial charge on any atom is -0.454 e. The Morgan fingerprint density at radius 3 is 2.44 bits per heavy atom. The zero-order valence-electron chi connectivity index (χ0n) is 17.7. The van der Waals surface area contributed by atoms with E-state index in [-0.39, 0.29) is 18.2 Å². The molecular formula is C25H21FN2O4. The van der Waals surface area contributed by atoms with Gasteiger partial charge in [-0.15, -0.1) is 0 Å². The Morgan fingerprint density at radius 1 is 1.06 bits per heavy atom. The van der Waals surface area contributed by atoms with Gasteiger partial charge in [-0.05, 0) is 49.7 Å². The molecule has 0 saturated carbocycles. The van der Waals surface area contributed by atoms with Crippen LogP contribution in [0.1, 0.15) is 37.7 Å². The third-order valence-corrected chi connectivity index (χ3v) is 5.30. The van der Waals surface area contributed by atoms with Crippen molar-refractivity contribution in [1.29, 1.82) is 0 Å². The van der Waals surface area contributed by atoms with E-state index in [0.717, 1.165) is 22.5 Å². The quantitative estimate of drug-likeness (QED) is 0.304. The maximum absolute atomic E-state index is 13.2. The fourth-order valence-electron chi connectivity index (χ4n) is 3.52. The molecule has 0 radical (unpaired) electrons. The van der Waals surface area contributed by atoms with Crippen LogP contribution < -0.4 is 0 Å². The highest BCUT2D eigenvalue weighted by molar-refractivity contribution is 6.00. The van der Waals surface area contributed by atoms with E-state index in [1.54, 1.807) is 48.7 Å². The summed E-state index contributed by atoms with van der Waals surface area (Å²) in [5.41, 5.74) is 4.20. The van der Waals surface area contributed by atoms with Gasteiger partial charge in [0.15, 0.2) is 18.8 Å². The molecule has 0 atom stereocenters. The van der Waals surface area contributed by atoms with Gasteiger partial charge in [-0.3, -0.25) is 4.79 Å². The van der Waals surface area contributed by atoms with Gasteiger partial charge in [0, 0.05) is 29.1 Å². The SMILES string of the molecule is Cc1cc(C(=O)COC(=O)c2ccc(-c3cnco3)cc2)c(C)n1Cc1ccc(F)cc1. The van der Waals surface area contributed by atoms with Crippen molar-refractivity contribution in [3.8, 4) is 11.3 Å². The molecule has 0 N–H and O–H groups in total. The fourth-order valence-corrected chi connectivity index (χ4v) is 3.52. The maximum Gasteiger partial charge on any atom is 0.338 e. The number of benzene rings is 2. The van der Waals surface area contributed by atoms with E-state index < -0.39 is 5.97 Å². The number of hydrogen-bond donors (Lipinski definition) is 0. The van der Waals surface area contributed by atoms with E-state index in [1.165, 1.54) is 18.5 Å². The molecule has 4 aromatic rings. The van der Waals surface area contributed by atoms with Crippen LogP contribution in [0.3, 0.4) is 0 Å². The molecule has 6 nitrogen and oxygen atoms in total. The summed E-state index contributed by atoms with van der Waals surface area (Å²) in [6.07, 6.45) is 2.91. The maximum atomic E-state index is 13.2. The highest BCUT2D eigenvalue weighted by Gasteiger charge is 2.18. The summed E-state index contributed by atoms with van der Waals surface area (Å²) >= 11 is 0. The Kier molecular flexibility index (Phi) is 5.98. The van der Waals surface area contributed by atoms with Gasteiger partial charge >= 0.3 is 5.97 Å². The first kappa shape index (κ1) is 21.2. The molecule has 0 aliphatic carbocycles. The fraction of sp³-hybridized carbons (Fsp3) is 0.160. The number of ether oxygens (including phenoxy) is 1. The third-order valence-electron chi connectivity index (χ3n) is 5.30. The summed E-state index contributed by atoms with van der Waals surface area (Å²) < 4.78 is 25.6. The van der Waals surface area contributed by atoms with Gasteiger partial charge in [0.05, 0.1) is 11.8 Å². The van der Waals surface area contributed by atoms with E-state index in [2.05, 4.69) is 4.98 Å². The number of ketones is 1. The Labute approximate surface area is 184 Å². The van der Waals surface area contributed by atoms with E-state index in [9.17, 15) is 14.0 Å². The lowest BCUT2D eigenvalue weighted by Gasteiger charge is -2.10. The largest absolute Gasteiger partial charge is 0.454 e. The summed E-state index contributed by atoms with van der Waals surface area (Å²) in [4.78, 5) is 28.9. The molecule has 2 heterocycles. The number of oxazole rings is 1. The first-order chi connectivity index (χ1) is 15.4. The highest BCUT2D eigenvalue weighted by Crippen LogP contribution is 2.20. The molecule has 0 fully saturated rings. The van der Waals surface area contributed by atoms with Crippen molar-refractivity contribution in [2.45, 2.75) is 20.4 Å². The minimum absolute atomic E-state index is 0.282. The normalized spacial score (nSPS) is 10.8. The van der Waals surface area contributed by atoms with Crippen molar-refractivity contribution in [2.75, 3.05) is 6.61 Å². The van der Waals surface area contributed by atoms with Gasteiger partial charge < -0.3 is 13.7 Å². The molecule has 0 unspecified atom stereocenters. The lowest BCUT2D eigenvalue weighted by molar-refractivity contribution is 0.0474. The molecule has 0 saturated heterocycles. The number of aryl methyl sites for hydroxylation is 1. The second kappa shape index (κ2) is 9.01. The Bertz CT molecular complexity index is 1240. The van der Waals surface area contributed by atoms with Gasteiger partial charge in [0.2, 0.25) is 5.78 Å². The molecule has 2 aromatic heterocycles. The zero-order chi connectivity index (χ0) is 22.7. The average Bonchev–Trinajstić information content (AvgIpc) is 3.43. The first-order valence-corrected chi connectivity index (χ1v) is 10.0. The number of aromatic nitrogens is 2. The number of carbonyl (C=O) groups excluding carboxylic acids is 2. The average molecular weight is 432 g/mol. The molecule has 32 heavy (non-hydrogen) atoms. The predicted octanol–water partition coefficient (Wildman–Crippen LogP) is 4.99. The van der Waals surface area contributed by atoms with E-state index in [4.69, 9.17) is 9.15 Å². The second-order valence-corrected chi connectivity index (χ2v) is 7.44. The van der Waals surface area contributed by atoms with Crippen molar-refractivity contribution >= 4 is 11.8 Å². The molecule has 0 spiro atoms. The van der Waals surface area contributed by atoms with Crippen LogP contribution in [0.15, 0.2) is 71.6 Å². The standard InChI is InChI=1S/C25H21FN2O4/c1-16-11-22(17(2)28(16)13-18-3-9-21(26)10-4-18)23(29)14-31-25(30)20-7-5-19(6-8-20)24-12-27-15-32-24/h3-12,15H,13-14H2,1-2H3. The molecule has 0 aliphatic heterocycles. The minimum atomic E-state index is -0.581. The first-order valence-electron chi connectivity index (χ1n) is 10.0. The second-order valence-electron chi connectivity index (χ2n) is 7.44. The van der Waals surface area contributed by atoms with Crippen LogP contribution in [0, 0.1) is 19.7 Å². The van der Waals surface area contributed by atoms with Gasteiger partial charge in [-0.25, -0.2) is 14.2 Å². The Hall–Kier alpha value is -4.00. The Balaban J connectivity index is 1.40. The van der Waals surface area contributed by atoms with Crippen molar-refractivity contribution in [3.63, 3.8) is 0 Å². The number of halogens is 1. The van der Waals surface area contributed by atoms with Gasteiger partial charge in [0.25, 0.3) is 0 Å². The zero-order valence-corrected chi connectivity index (χ0v) is 17.7. The molecule has 7 heteroatoms. The number of esters is 1. The molecule has 0 amide bonds. The summed E-state index contributed by atoms with van der Waals surface area (Å²) in [5, 5.41) is 0. The summed E-state index contributed by atoms with van der Waals surface area (Å²) in [6.45, 7) is 3.90. The molecule has 2 aromatic carbocycles. The van der Waals surface area contributed by atoms with Crippen LogP contribution in [0.25, 0.3) is 11.3 Å². The van der Waals surface area contributed by atoms with E-state index in [1.807, 2.05) is 18.4 Å². The van der Waals surface area contributed by atoms with Crippen molar-refractivity contribution in [1.82, 2.24) is 9.55 Å². The summed E-state index contributed by atoms with van der Waals surface area (Å²) in [7, 11) is 0. The van der Waals surface area contributed by atoms with Crippen LogP contribution in [0.2, 0.25) is 0 Å². The monoisotopic (exact) mass is 432 g/mol. The van der Waals surface area contributed by atoms with Gasteiger partial charge in [-0.2, -0.15) is 0 Å². The van der Waals surface area contributed by atoms with Crippen LogP contribution in [-0.4, -0.2) is 27.9 Å². The lowest BCUT2D eigenvalue weighted by atomic mass is 10.1. The van der Waals surface area contributed by atoms with Crippen molar-refractivity contribution in [2.24, 2.45) is 0 Å². The van der Waals surface area contributed by atoms with E-state index >= 15 is 0 Å². The van der Waals surface area contributed by atoms with Crippen molar-refractivity contribution < 1.29 is 23.1 Å². The molecule has 0 bridgehead atoms. The van der Waals surface area contributed by atoms with Crippen LogP contribution in [0.4, 0.5) is 4.39 Å². The Morgan fingerprint density at radius 2 is 1.78 bits per heavy atom. The van der Waals surface area contributed by atoms with Crippen LogP contribution >= 0.6 is 0 Å². The van der Waals surface area contributed by atoms with Crippen molar-refractivity contribution in [3.05, 3.63) is 101 Å². The molecule has 162 valence electrons. The molecular weight excluding hydrogens is 411 g/mol. The summed E-state index contributed by atoms with van der Waals surface area (Å²) in [5.74, 6) is -0.561. The van der Waals surface area contributed by atoms with Crippen LogP contribution in [-0.2, 0) is 11.3 Å². The lowest BCUT2D eigenvalue weighted by Crippen LogP contribution is -2.15. The number of rotatable bonds is 7. The third kappa shape index (κ3) is 4.51. The number of Topliss-reactive ketones (excluding diaryl/α,β-unsaturated/α-hetero) is 1. The smallest absolute Gasteiger partial charge is 0.338 e. The molecule has 0 aliphatic rings. The number of nitrogens with zero attached hydrogens (tertiary/aromatic N) is 2.